The van der Waals surface area contributed by atoms with Crippen LogP contribution in [0.25, 0.3) is 0 Å². The van der Waals surface area contributed by atoms with Crippen LogP contribution in [0.1, 0.15) is 27.2 Å². The van der Waals surface area contributed by atoms with Gasteiger partial charge in [0.15, 0.2) is 0 Å². The number of carbonyl (C=O) groups excluding carboxylic acids is 1. The third-order valence-electron chi connectivity index (χ3n) is 2.67. The maximum Gasteiger partial charge on any atom is 0.429 e. The molecular weight excluding hydrogens is 228 g/mol. The normalized spacial score (nSPS) is 10.4. The van der Waals surface area contributed by atoms with Crippen LogP contribution in [0, 0.1) is 0 Å². The van der Waals surface area contributed by atoms with Crippen molar-refractivity contribution in [3.63, 3.8) is 0 Å². The van der Waals surface area contributed by atoms with E-state index in [-0.39, 0.29) is 6.09 Å². The summed E-state index contributed by atoms with van der Waals surface area (Å²) < 4.78 is 5.36. The summed E-state index contributed by atoms with van der Waals surface area (Å²) >= 11 is 0. The lowest BCUT2D eigenvalue weighted by Gasteiger charge is -2.32. The molecule has 1 amide bonds. The van der Waals surface area contributed by atoms with Crippen molar-refractivity contribution in [2.24, 2.45) is 0 Å². The molecule has 1 aromatic carbocycles. The van der Waals surface area contributed by atoms with Gasteiger partial charge in [-0.05, 0) is 18.6 Å². The Hall–Kier alpha value is -1.55. The number of para-hydroxylation sites is 1. The van der Waals surface area contributed by atoms with E-state index in [1.165, 1.54) is 0 Å². The van der Waals surface area contributed by atoms with Crippen molar-refractivity contribution in [2.45, 2.75) is 27.2 Å². The molecule has 0 unspecified atom stereocenters. The Kier molecular flexibility index (Phi) is 6.22. The third-order valence-corrected chi connectivity index (χ3v) is 2.67. The minimum absolute atomic E-state index is 0.313. The topological polar surface area (TPSA) is 32.8 Å². The zero-order valence-corrected chi connectivity index (χ0v) is 11.4. The van der Waals surface area contributed by atoms with Gasteiger partial charge in [-0.25, -0.2) is 14.8 Å². The summed E-state index contributed by atoms with van der Waals surface area (Å²) in [5, 5.41) is 3.65. The predicted molar refractivity (Wildman–Crippen MR) is 72.4 cm³/mol. The molecule has 0 saturated carbocycles. The molecule has 0 N–H and O–H groups in total. The molecule has 0 aliphatic heterocycles. The third kappa shape index (κ3) is 4.04. The molecule has 0 aromatic heterocycles. The number of hydrogen-bond donors (Lipinski definition) is 0. The molecule has 18 heavy (non-hydrogen) atoms. The monoisotopic (exact) mass is 250 g/mol. The Morgan fingerprint density at radius 3 is 2.22 bits per heavy atom. The first-order chi connectivity index (χ1) is 8.72. The summed E-state index contributed by atoms with van der Waals surface area (Å²) in [5.74, 6) is 0.579. The van der Waals surface area contributed by atoms with Crippen LogP contribution in [0.5, 0.6) is 5.75 Å². The Balaban J connectivity index is 2.70. The molecule has 0 spiro atoms. The van der Waals surface area contributed by atoms with Gasteiger partial charge in [-0.2, -0.15) is 0 Å². The number of benzene rings is 1. The highest BCUT2D eigenvalue weighted by atomic mass is 16.6. The van der Waals surface area contributed by atoms with Crippen molar-refractivity contribution in [1.82, 2.24) is 10.0 Å². The van der Waals surface area contributed by atoms with Crippen LogP contribution in [0.15, 0.2) is 30.3 Å². The van der Waals surface area contributed by atoms with Crippen LogP contribution in [-0.4, -0.2) is 35.7 Å². The standard InChI is InChI=1S/C14H22N2O2/c1-4-12-16(15(5-2)6-3)14(17)18-13-10-8-7-9-11-13/h7-11H,4-6,12H2,1-3H3. The number of nitrogens with zero attached hydrogens (tertiary/aromatic N) is 2. The van der Waals surface area contributed by atoms with Gasteiger partial charge in [0.1, 0.15) is 5.75 Å². The van der Waals surface area contributed by atoms with Crippen molar-refractivity contribution >= 4 is 6.09 Å². The highest BCUT2D eigenvalue weighted by Gasteiger charge is 2.20. The Labute approximate surface area is 109 Å². The summed E-state index contributed by atoms with van der Waals surface area (Å²) in [6.45, 7) is 8.37. The molecule has 1 aromatic rings. The number of amides is 1. The number of hydrazine groups is 1. The van der Waals surface area contributed by atoms with Crippen molar-refractivity contribution in [2.75, 3.05) is 19.6 Å². The Morgan fingerprint density at radius 1 is 1.11 bits per heavy atom. The molecule has 0 aliphatic carbocycles. The average Bonchev–Trinajstić information content (AvgIpc) is 2.40. The summed E-state index contributed by atoms with van der Waals surface area (Å²) in [6, 6.07) is 9.16. The lowest BCUT2D eigenvalue weighted by Crippen LogP contribution is -2.48. The summed E-state index contributed by atoms with van der Waals surface area (Å²) in [4.78, 5) is 12.1. The molecule has 0 bridgehead atoms. The van der Waals surface area contributed by atoms with E-state index in [1.54, 1.807) is 17.1 Å². The molecule has 4 nitrogen and oxygen atoms in total. The fourth-order valence-corrected chi connectivity index (χ4v) is 1.77. The molecule has 100 valence electrons. The molecule has 0 fully saturated rings. The van der Waals surface area contributed by atoms with E-state index in [4.69, 9.17) is 4.74 Å². The van der Waals surface area contributed by atoms with Gasteiger partial charge in [0.05, 0.1) is 0 Å². The van der Waals surface area contributed by atoms with Gasteiger partial charge in [0, 0.05) is 19.6 Å². The van der Waals surface area contributed by atoms with Crippen LogP contribution in [0.3, 0.4) is 0 Å². The first-order valence-electron chi connectivity index (χ1n) is 6.52. The van der Waals surface area contributed by atoms with Gasteiger partial charge in [0.2, 0.25) is 0 Å². The van der Waals surface area contributed by atoms with E-state index in [0.29, 0.717) is 12.3 Å². The van der Waals surface area contributed by atoms with Gasteiger partial charge < -0.3 is 4.74 Å². The molecular formula is C14H22N2O2. The SMILES string of the molecule is CCCN(C(=O)Oc1ccccc1)N(CC)CC. The van der Waals surface area contributed by atoms with Crippen molar-refractivity contribution < 1.29 is 9.53 Å². The van der Waals surface area contributed by atoms with E-state index in [0.717, 1.165) is 19.5 Å². The second kappa shape index (κ2) is 7.71. The molecule has 0 aliphatic rings. The number of hydrogen-bond acceptors (Lipinski definition) is 3. The highest BCUT2D eigenvalue weighted by Crippen LogP contribution is 2.11. The minimum Gasteiger partial charge on any atom is -0.409 e. The van der Waals surface area contributed by atoms with E-state index < -0.39 is 0 Å². The predicted octanol–water partition coefficient (Wildman–Crippen LogP) is 3.15. The second-order valence-electron chi connectivity index (χ2n) is 3.94. The van der Waals surface area contributed by atoms with Gasteiger partial charge >= 0.3 is 6.09 Å². The van der Waals surface area contributed by atoms with Crippen LogP contribution < -0.4 is 4.74 Å². The minimum atomic E-state index is -0.313. The maximum atomic E-state index is 12.1. The molecule has 0 heterocycles. The largest absolute Gasteiger partial charge is 0.429 e. The molecule has 0 radical (unpaired) electrons. The smallest absolute Gasteiger partial charge is 0.409 e. The number of carbonyl (C=O) groups is 1. The lowest BCUT2D eigenvalue weighted by molar-refractivity contribution is 0.00233. The summed E-state index contributed by atoms with van der Waals surface area (Å²) in [6.07, 6.45) is 0.590. The zero-order valence-electron chi connectivity index (χ0n) is 11.4. The first-order valence-corrected chi connectivity index (χ1v) is 6.52. The van der Waals surface area contributed by atoms with Crippen LogP contribution in [0.2, 0.25) is 0 Å². The van der Waals surface area contributed by atoms with Gasteiger partial charge in [-0.15, -0.1) is 0 Å². The molecule has 0 atom stereocenters. The van der Waals surface area contributed by atoms with Gasteiger partial charge in [0.25, 0.3) is 0 Å². The summed E-state index contributed by atoms with van der Waals surface area (Å²) in [5.41, 5.74) is 0. The molecule has 4 heteroatoms. The lowest BCUT2D eigenvalue weighted by atomic mass is 10.3. The van der Waals surface area contributed by atoms with E-state index in [2.05, 4.69) is 0 Å². The van der Waals surface area contributed by atoms with Crippen LogP contribution in [0.4, 0.5) is 4.79 Å². The van der Waals surface area contributed by atoms with E-state index >= 15 is 0 Å². The van der Waals surface area contributed by atoms with Gasteiger partial charge in [-0.1, -0.05) is 39.0 Å². The van der Waals surface area contributed by atoms with Crippen molar-refractivity contribution in [3.05, 3.63) is 30.3 Å². The highest BCUT2D eigenvalue weighted by molar-refractivity contribution is 5.70. The van der Waals surface area contributed by atoms with Crippen molar-refractivity contribution in [3.8, 4) is 5.75 Å². The first kappa shape index (κ1) is 14.5. The van der Waals surface area contributed by atoms with Gasteiger partial charge in [-0.3, -0.25) is 0 Å². The zero-order chi connectivity index (χ0) is 13.4. The van der Waals surface area contributed by atoms with E-state index in [9.17, 15) is 4.79 Å². The number of ether oxygens (including phenoxy) is 1. The maximum absolute atomic E-state index is 12.1. The van der Waals surface area contributed by atoms with Crippen LogP contribution in [-0.2, 0) is 0 Å². The Bertz CT molecular complexity index is 350. The number of rotatable bonds is 6. The fraction of sp³-hybridized carbons (Fsp3) is 0.500. The second-order valence-corrected chi connectivity index (χ2v) is 3.94. The van der Waals surface area contributed by atoms with Crippen molar-refractivity contribution in [1.29, 1.82) is 0 Å². The van der Waals surface area contributed by atoms with E-state index in [1.807, 2.05) is 44.0 Å². The average molecular weight is 250 g/mol. The van der Waals surface area contributed by atoms with Crippen LogP contribution >= 0.6 is 0 Å². The molecule has 1 rings (SSSR count). The quantitative estimate of drug-likeness (QED) is 0.727. The fourth-order valence-electron chi connectivity index (χ4n) is 1.77. The molecule has 0 saturated heterocycles. The summed E-state index contributed by atoms with van der Waals surface area (Å²) in [7, 11) is 0. The Morgan fingerprint density at radius 2 is 1.72 bits per heavy atom.